The van der Waals surface area contributed by atoms with Gasteiger partial charge in [0.15, 0.2) is 5.75 Å². The minimum absolute atomic E-state index is 0.151. The second-order valence-corrected chi connectivity index (χ2v) is 8.60. The number of piperidine rings is 1. The minimum atomic E-state index is -0.417. The summed E-state index contributed by atoms with van der Waals surface area (Å²) in [6.45, 7) is 1.17. The summed E-state index contributed by atoms with van der Waals surface area (Å²) in [5.74, 6) is 1.32. The predicted octanol–water partition coefficient (Wildman–Crippen LogP) is 6.07. The van der Waals surface area contributed by atoms with E-state index in [1.165, 1.54) is 0 Å². The summed E-state index contributed by atoms with van der Waals surface area (Å²) in [4.78, 5) is 20.7. The smallest absolute Gasteiger partial charge is 0.321 e. The highest BCUT2D eigenvalue weighted by molar-refractivity contribution is 6.30. The standard InChI is InChI=1S/C26H24ClN3O3/c27-20-12-10-19(11-13-20)23-18-26(33-29-23)14-16-30(17-15-26)25(31)28-22-8-4-5-9-24(22)32-21-6-2-1-3-7-21/h1-13,18,29H,14-17H2,(H,28,31). The Hall–Kier alpha value is -3.48. The molecule has 2 heterocycles. The fourth-order valence-electron chi connectivity index (χ4n) is 4.05. The summed E-state index contributed by atoms with van der Waals surface area (Å²) < 4.78 is 5.96. The van der Waals surface area contributed by atoms with Crippen molar-refractivity contribution < 1.29 is 14.4 Å². The van der Waals surface area contributed by atoms with E-state index in [2.05, 4.69) is 16.9 Å². The number of hydrogen-bond acceptors (Lipinski definition) is 4. The molecule has 3 aromatic rings. The lowest BCUT2D eigenvalue weighted by Crippen LogP contribution is -2.48. The molecule has 2 aliphatic heterocycles. The van der Waals surface area contributed by atoms with Gasteiger partial charge in [-0.2, -0.15) is 0 Å². The first kappa shape index (κ1) is 21.4. The van der Waals surface area contributed by atoms with Crippen molar-refractivity contribution in [2.75, 3.05) is 18.4 Å². The average Bonchev–Trinajstić information content (AvgIpc) is 3.25. The highest BCUT2D eigenvalue weighted by atomic mass is 35.5. The predicted molar refractivity (Wildman–Crippen MR) is 129 cm³/mol. The summed E-state index contributed by atoms with van der Waals surface area (Å²) in [7, 11) is 0. The number of benzene rings is 3. The molecule has 0 radical (unpaired) electrons. The van der Waals surface area contributed by atoms with Crippen LogP contribution in [0.4, 0.5) is 10.5 Å². The molecule has 6 nitrogen and oxygen atoms in total. The van der Waals surface area contributed by atoms with Gasteiger partial charge < -0.3 is 15.0 Å². The van der Waals surface area contributed by atoms with Crippen molar-refractivity contribution in [1.29, 1.82) is 0 Å². The zero-order valence-corrected chi connectivity index (χ0v) is 18.7. The number of anilines is 1. The van der Waals surface area contributed by atoms with Gasteiger partial charge in [0.25, 0.3) is 0 Å². The lowest BCUT2D eigenvalue weighted by atomic mass is 9.90. The maximum atomic E-state index is 13.0. The molecule has 0 bridgehead atoms. The first-order valence-corrected chi connectivity index (χ1v) is 11.3. The lowest BCUT2D eigenvalue weighted by molar-refractivity contribution is -0.0634. The molecule has 3 aromatic carbocycles. The fourth-order valence-corrected chi connectivity index (χ4v) is 4.18. The van der Waals surface area contributed by atoms with Gasteiger partial charge in [-0.15, -0.1) is 0 Å². The normalized spacial score (nSPS) is 16.8. The third-order valence-corrected chi connectivity index (χ3v) is 6.18. The number of nitrogens with zero attached hydrogens (tertiary/aromatic N) is 1. The first-order valence-electron chi connectivity index (χ1n) is 10.9. The molecule has 0 aromatic heterocycles. The maximum absolute atomic E-state index is 13.0. The Bertz CT molecular complexity index is 1160. The van der Waals surface area contributed by atoms with Crippen molar-refractivity contribution in [1.82, 2.24) is 10.4 Å². The van der Waals surface area contributed by atoms with Crippen molar-refractivity contribution in [3.05, 3.63) is 95.5 Å². The van der Waals surface area contributed by atoms with E-state index in [4.69, 9.17) is 21.2 Å². The quantitative estimate of drug-likeness (QED) is 0.494. The summed E-state index contributed by atoms with van der Waals surface area (Å²) in [5, 5.41) is 3.69. The number of amides is 2. The Morgan fingerprint density at radius 1 is 0.970 bits per heavy atom. The van der Waals surface area contributed by atoms with E-state index in [1.807, 2.05) is 83.8 Å². The van der Waals surface area contributed by atoms with Crippen molar-refractivity contribution in [3.63, 3.8) is 0 Å². The Kier molecular flexibility index (Phi) is 5.94. The summed E-state index contributed by atoms with van der Waals surface area (Å²) >= 11 is 5.99. The number of nitrogens with one attached hydrogen (secondary N) is 2. The topological polar surface area (TPSA) is 62.8 Å². The SMILES string of the molecule is O=C(Nc1ccccc1Oc1ccccc1)N1CCC2(C=C(c3ccc(Cl)cc3)NO2)CC1. The molecule has 7 heteroatoms. The molecule has 2 N–H and O–H groups in total. The molecule has 5 rings (SSSR count). The molecule has 0 atom stereocenters. The van der Waals surface area contributed by atoms with Crippen LogP contribution in [-0.2, 0) is 4.84 Å². The Morgan fingerprint density at radius 2 is 1.67 bits per heavy atom. The number of urea groups is 1. The third kappa shape index (κ3) is 4.82. The van der Waals surface area contributed by atoms with E-state index in [-0.39, 0.29) is 6.03 Å². The summed E-state index contributed by atoms with van der Waals surface area (Å²) in [6, 6.07) is 24.4. The molecule has 1 saturated heterocycles. The van der Waals surface area contributed by atoms with E-state index >= 15 is 0 Å². The molecular weight excluding hydrogens is 438 g/mol. The highest BCUT2D eigenvalue weighted by Gasteiger charge is 2.40. The van der Waals surface area contributed by atoms with Gasteiger partial charge in [0.2, 0.25) is 0 Å². The van der Waals surface area contributed by atoms with Crippen LogP contribution in [0.25, 0.3) is 5.70 Å². The number of ether oxygens (including phenoxy) is 1. The monoisotopic (exact) mass is 461 g/mol. The van der Waals surface area contributed by atoms with Crippen LogP contribution >= 0.6 is 11.6 Å². The van der Waals surface area contributed by atoms with Crippen LogP contribution < -0.4 is 15.5 Å². The average molecular weight is 462 g/mol. The minimum Gasteiger partial charge on any atom is -0.455 e. The van der Waals surface area contributed by atoms with Gasteiger partial charge in [-0.1, -0.05) is 54.1 Å². The van der Waals surface area contributed by atoms with E-state index in [9.17, 15) is 4.79 Å². The zero-order valence-electron chi connectivity index (χ0n) is 18.0. The van der Waals surface area contributed by atoms with Gasteiger partial charge in [0, 0.05) is 31.0 Å². The van der Waals surface area contributed by atoms with Gasteiger partial charge in [0.1, 0.15) is 11.4 Å². The maximum Gasteiger partial charge on any atom is 0.321 e. The molecule has 0 aliphatic carbocycles. The largest absolute Gasteiger partial charge is 0.455 e. The number of carbonyl (C=O) groups is 1. The molecule has 0 saturated carbocycles. The first-order chi connectivity index (χ1) is 16.1. The number of hydroxylamine groups is 1. The van der Waals surface area contributed by atoms with Gasteiger partial charge in [0.05, 0.1) is 11.4 Å². The van der Waals surface area contributed by atoms with Gasteiger partial charge in [-0.05, 0) is 48.0 Å². The summed E-state index contributed by atoms with van der Waals surface area (Å²) in [5.41, 5.74) is 5.22. The number of likely N-dealkylation sites (tertiary alicyclic amines) is 1. The van der Waals surface area contributed by atoms with Crippen LogP contribution in [0, 0.1) is 0 Å². The van der Waals surface area contributed by atoms with Crippen LogP contribution in [0.5, 0.6) is 11.5 Å². The molecule has 168 valence electrons. The van der Waals surface area contributed by atoms with Crippen LogP contribution in [0.3, 0.4) is 0 Å². The molecule has 0 unspecified atom stereocenters. The van der Waals surface area contributed by atoms with Crippen LogP contribution in [0.15, 0.2) is 84.9 Å². The number of hydrogen-bond donors (Lipinski definition) is 2. The van der Waals surface area contributed by atoms with Crippen LogP contribution in [0.1, 0.15) is 18.4 Å². The fraction of sp³-hybridized carbons (Fsp3) is 0.192. The van der Waals surface area contributed by atoms with Crippen molar-refractivity contribution in [2.24, 2.45) is 0 Å². The van der Waals surface area contributed by atoms with Gasteiger partial charge in [-0.25, -0.2) is 4.79 Å². The Balaban J connectivity index is 1.22. The van der Waals surface area contributed by atoms with E-state index in [0.29, 0.717) is 48.1 Å². The Morgan fingerprint density at radius 3 is 2.42 bits per heavy atom. The lowest BCUT2D eigenvalue weighted by Gasteiger charge is -2.36. The second-order valence-electron chi connectivity index (χ2n) is 8.16. The van der Waals surface area contributed by atoms with E-state index in [1.54, 1.807) is 0 Å². The third-order valence-electron chi connectivity index (χ3n) is 5.92. The Labute approximate surface area is 197 Å². The van der Waals surface area contributed by atoms with Crippen molar-refractivity contribution >= 4 is 29.0 Å². The summed E-state index contributed by atoms with van der Waals surface area (Å²) in [6.07, 6.45) is 3.52. The number of carbonyl (C=O) groups excluding carboxylic acids is 1. The van der Waals surface area contributed by atoms with Gasteiger partial charge >= 0.3 is 6.03 Å². The number of rotatable bonds is 4. The molecule has 1 fully saturated rings. The highest BCUT2D eigenvalue weighted by Crippen LogP contribution is 2.35. The van der Waals surface area contributed by atoms with Crippen LogP contribution in [0.2, 0.25) is 5.02 Å². The van der Waals surface area contributed by atoms with Crippen molar-refractivity contribution in [3.8, 4) is 11.5 Å². The molecule has 2 aliphatic rings. The number of para-hydroxylation sites is 3. The number of halogens is 1. The van der Waals surface area contributed by atoms with E-state index in [0.717, 1.165) is 11.3 Å². The zero-order chi connectivity index (χ0) is 22.7. The molecular formula is C26H24ClN3O3. The second kappa shape index (κ2) is 9.17. The van der Waals surface area contributed by atoms with E-state index < -0.39 is 5.60 Å². The molecule has 2 amide bonds. The van der Waals surface area contributed by atoms with Gasteiger partial charge in [-0.3, -0.25) is 10.3 Å². The molecule has 1 spiro atoms. The van der Waals surface area contributed by atoms with Crippen LogP contribution in [-0.4, -0.2) is 29.6 Å². The van der Waals surface area contributed by atoms with Crippen molar-refractivity contribution in [2.45, 2.75) is 18.4 Å². The molecule has 33 heavy (non-hydrogen) atoms.